The van der Waals surface area contributed by atoms with Crippen molar-refractivity contribution in [3.8, 4) is 0 Å². The molecule has 1 unspecified atom stereocenters. The topological polar surface area (TPSA) is 93.2 Å². The lowest BCUT2D eigenvalue weighted by molar-refractivity contribution is -0.384. The second kappa shape index (κ2) is 6.41. The van der Waals surface area contributed by atoms with Crippen LogP contribution >= 0.6 is 0 Å². The van der Waals surface area contributed by atoms with E-state index in [9.17, 15) is 18.9 Å². The number of halogens is 2. The molecule has 0 bridgehead atoms. The molecule has 0 saturated heterocycles. The van der Waals surface area contributed by atoms with Crippen LogP contribution in [0.2, 0.25) is 0 Å². The van der Waals surface area contributed by atoms with E-state index in [1.807, 2.05) is 6.92 Å². The van der Waals surface area contributed by atoms with E-state index in [-0.39, 0.29) is 17.2 Å². The number of hydrogen-bond acceptors (Lipinski definition) is 5. The number of nitrogens with zero attached hydrogens (tertiary/aromatic N) is 3. The van der Waals surface area contributed by atoms with Gasteiger partial charge in [-0.1, -0.05) is 6.92 Å². The lowest BCUT2D eigenvalue weighted by Gasteiger charge is -2.12. The van der Waals surface area contributed by atoms with Gasteiger partial charge in [0, 0.05) is 13.1 Å². The molecule has 0 aromatic carbocycles. The summed E-state index contributed by atoms with van der Waals surface area (Å²) in [6.07, 6.45) is -4.11. The van der Waals surface area contributed by atoms with Gasteiger partial charge in [-0.25, -0.2) is 13.5 Å². The van der Waals surface area contributed by atoms with Crippen molar-refractivity contribution in [2.45, 2.75) is 39.3 Å². The summed E-state index contributed by atoms with van der Waals surface area (Å²) < 4.78 is 25.7. The highest BCUT2D eigenvalue weighted by molar-refractivity contribution is 5.59. The molecule has 2 N–H and O–H groups in total. The predicted molar refractivity (Wildman–Crippen MR) is 64.4 cm³/mol. The average molecular weight is 278 g/mol. The molecule has 0 aliphatic rings. The predicted octanol–water partition coefficient (Wildman–Crippen LogP) is 1.55. The van der Waals surface area contributed by atoms with Crippen LogP contribution in [0.5, 0.6) is 0 Å². The quantitative estimate of drug-likeness (QED) is 0.583. The number of aliphatic hydroxyl groups excluding tert-OH is 1. The Balaban J connectivity index is 2.98. The standard InChI is InChI=1S/C10H16F2N4O3/c1-3-4-15-10(13-5-7(17)9(11)12)8(16(18)19)6(2)14-15/h7,9,13,17H,3-5H2,1-2H3. The Morgan fingerprint density at radius 1 is 1.58 bits per heavy atom. The summed E-state index contributed by atoms with van der Waals surface area (Å²) in [6.45, 7) is 3.27. The molecule has 0 saturated carbocycles. The molecular weight excluding hydrogens is 262 g/mol. The zero-order valence-corrected chi connectivity index (χ0v) is 10.6. The molecule has 0 aliphatic heterocycles. The summed E-state index contributed by atoms with van der Waals surface area (Å²) in [4.78, 5) is 10.3. The number of alkyl halides is 2. The van der Waals surface area contributed by atoms with E-state index in [1.165, 1.54) is 11.6 Å². The summed E-state index contributed by atoms with van der Waals surface area (Å²) >= 11 is 0. The summed E-state index contributed by atoms with van der Waals surface area (Å²) in [6, 6.07) is 0. The number of aromatic nitrogens is 2. The largest absolute Gasteiger partial charge is 0.385 e. The van der Waals surface area contributed by atoms with E-state index in [1.54, 1.807) is 0 Å². The molecule has 0 fully saturated rings. The van der Waals surface area contributed by atoms with Gasteiger partial charge >= 0.3 is 5.69 Å². The lowest BCUT2D eigenvalue weighted by atomic mass is 10.3. The second-order valence-corrected chi connectivity index (χ2v) is 4.05. The van der Waals surface area contributed by atoms with Crippen molar-refractivity contribution in [1.29, 1.82) is 0 Å². The van der Waals surface area contributed by atoms with Crippen LogP contribution in [0.4, 0.5) is 20.3 Å². The third-order valence-corrected chi connectivity index (χ3v) is 2.48. The summed E-state index contributed by atoms with van der Waals surface area (Å²) in [5.41, 5.74) is -0.0533. The number of aryl methyl sites for hydroxylation is 2. The van der Waals surface area contributed by atoms with Crippen molar-refractivity contribution in [3.63, 3.8) is 0 Å². The molecule has 0 amide bonds. The smallest absolute Gasteiger partial charge is 0.333 e. The molecule has 1 heterocycles. The number of hydrogen-bond donors (Lipinski definition) is 2. The molecule has 1 rings (SSSR count). The minimum atomic E-state index is -2.91. The van der Waals surface area contributed by atoms with Crippen LogP contribution in [0.3, 0.4) is 0 Å². The number of anilines is 1. The fourth-order valence-electron chi connectivity index (χ4n) is 1.63. The van der Waals surface area contributed by atoms with E-state index in [2.05, 4.69) is 10.4 Å². The molecule has 19 heavy (non-hydrogen) atoms. The zero-order valence-electron chi connectivity index (χ0n) is 10.6. The second-order valence-electron chi connectivity index (χ2n) is 4.05. The molecule has 0 spiro atoms. The fourth-order valence-corrected chi connectivity index (χ4v) is 1.63. The number of rotatable bonds is 7. The van der Waals surface area contributed by atoms with Gasteiger partial charge in [-0.3, -0.25) is 10.1 Å². The first-order valence-electron chi connectivity index (χ1n) is 5.80. The monoisotopic (exact) mass is 278 g/mol. The first kappa shape index (κ1) is 15.3. The van der Waals surface area contributed by atoms with Gasteiger partial charge in [0.2, 0.25) is 5.82 Å². The van der Waals surface area contributed by atoms with Crippen LogP contribution in [-0.2, 0) is 6.54 Å². The van der Waals surface area contributed by atoms with Crippen molar-refractivity contribution in [1.82, 2.24) is 9.78 Å². The van der Waals surface area contributed by atoms with Gasteiger partial charge in [-0.2, -0.15) is 5.10 Å². The Kier molecular flexibility index (Phi) is 5.16. The van der Waals surface area contributed by atoms with Crippen LogP contribution in [0.1, 0.15) is 19.0 Å². The van der Waals surface area contributed by atoms with Gasteiger partial charge < -0.3 is 10.4 Å². The lowest BCUT2D eigenvalue weighted by Crippen LogP contribution is -2.27. The van der Waals surface area contributed by atoms with E-state index < -0.39 is 24.0 Å². The first-order chi connectivity index (χ1) is 8.88. The van der Waals surface area contributed by atoms with Crippen LogP contribution in [0.25, 0.3) is 0 Å². The molecule has 1 atom stereocenters. The number of nitro groups is 1. The van der Waals surface area contributed by atoms with Gasteiger partial charge in [0.05, 0.1) is 4.92 Å². The van der Waals surface area contributed by atoms with Crippen LogP contribution < -0.4 is 5.32 Å². The maximum Gasteiger partial charge on any atom is 0.333 e. The number of aliphatic hydroxyl groups is 1. The average Bonchev–Trinajstić information content (AvgIpc) is 2.62. The summed E-state index contributed by atoms with van der Waals surface area (Å²) in [5.74, 6) is 0.0454. The highest BCUT2D eigenvalue weighted by Crippen LogP contribution is 2.28. The van der Waals surface area contributed by atoms with E-state index in [4.69, 9.17) is 5.11 Å². The Morgan fingerprint density at radius 2 is 2.21 bits per heavy atom. The molecule has 108 valence electrons. The van der Waals surface area contributed by atoms with Crippen molar-refractivity contribution in [2.24, 2.45) is 0 Å². The Bertz CT molecular complexity index is 450. The first-order valence-corrected chi connectivity index (χ1v) is 5.80. The van der Waals surface area contributed by atoms with Gasteiger partial charge in [-0.15, -0.1) is 0 Å². The van der Waals surface area contributed by atoms with E-state index in [0.717, 1.165) is 0 Å². The van der Waals surface area contributed by atoms with E-state index in [0.29, 0.717) is 13.0 Å². The van der Waals surface area contributed by atoms with Crippen LogP contribution in [0.15, 0.2) is 0 Å². The van der Waals surface area contributed by atoms with Crippen LogP contribution in [0, 0.1) is 17.0 Å². The van der Waals surface area contributed by atoms with Crippen LogP contribution in [-0.4, -0.2) is 38.9 Å². The zero-order chi connectivity index (χ0) is 14.6. The number of nitrogens with one attached hydrogen (secondary N) is 1. The third-order valence-electron chi connectivity index (χ3n) is 2.48. The van der Waals surface area contributed by atoms with Gasteiger partial charge in [0.15, 0.2) is 0 Å². The minimum Gasteiger partial charge on any atom is -0.385 e. The SMILES string of the molecule is CCCn1nc(C)c([N+](=O)[O-])c1NCC(O)C(F)F. The summed E-state index contributed by atoms with van der Waals surface area (Å²) in [5, 5.41) is 26.4. The minimum absolute atomic E-state index is 0.0454. The Labute approximate surface area is 108 Å². The third kappa shape index (κ3) is 3.60. The molecule has 1 aromatic heterocycles. The Morgan fingerprint density at radius 3 is 2.68 bits per heavy atom. The van der Waals surface area contributed by atoms with Crippen molar-refractivity contribution in [3.05, 3.63) is 15.8 Å². The maximum atomic E-state index is 12.2. The van der Waals surface area contributed by atoms with Crippen molar-refractivity contribution >= 4 is 11.5 Å². The molecule has 0 aliphatic carbocycles. The maximum absolute atomic E-state index is 12.2. The van der Waals surface area contributed by atoms with Crippen molar-refractivity contribution < 1.29 is 18.8 Å². The van der Waals surface area contributed by atoms with E-state index >= 15 is 0 Å². The molecule has 7 nitrogen and oxygen atoms in total. The highest BCUT2D eigenvalue weighted by atomic mass is 19.3. The van der Waals surface area contributed by atoms with Gasteiger partial charge in [-0.05, 0) is 13.3 Å². The van der Waals surface area contributed by atoms with Gasteiger partial charge in [0.1, 0.15) is 11.8 Å². The van der Waals surface area contributed by atoms with Gasteiger partial charge in [0.25, 0.3) is 6.43 Å². The fraction of sp³-hybridized carbons (Fsp3) is 0.700. The normalized spacial score (nSPS) is 12.7. The molecule has 1 aromatic rings. The molecule has 0 radical (unpaired) electrons. The summed E-state index contributed by atoms with van der Waals surface area (Å²) in [7, 11) is 0. The Hall–Kier alpha value is -1.77. The highest BCUT2D eigenvalue weighted by Gasteiger charge is 2.26. The van der Waals surface area contributed by atoms with Crippen molar-refractivity contribution in [2.75, 3.05) is 11.9 Å². The molecule has 9 heteroatoms. The molecular formula is C10H16F2N4O3.